The Labute approximate surface area is 103 Å². The molecule has 92 valence electrons. The van der Waals surface area contributed by atoms with Gasteiger partial charge in [0, 0.05) is 7.11 Å². The lowest BCUT2D eigenvalue weighted by atomic mass is 10.0. The average molecular weight is 270 g/mol. The summed E-state index contributed by atoms with van der Waals surface area (Å²) in [5.41, 5.74) is -1.46. The Bertz CT molecular complexity index is 321. The Kier molecular flexibility index (Phi) is 3.72. The van der Waals surface area contributed by atoms with Gasteiger partial charge >= 0.3 is 5.97 Å². The van der Waals surface area contributed by atoms with Crippen molar-refractivity contribution < 1.29 is 19.4 Å². The van der Waals surface area contributed by atoms with Crippen LogP contribution >= 0.6 is 23.2 Å². The molecule has 0 radical (unpaired) electrons. The van der Waals surface area contributed by atoms with E-state index in [9.17, 15) is 9.59 Å². The number of carboxylic acid groups (broad SMARTS) is 1. The Morgan fingerprint density at radius 2 is 2.12 bits per heavy atom. The van der Waals surface area contributed by atoms with Gasteiger partial charge in [0.2, 0.25) is 5.91 Å². The largest absolute Gasteiger partial charge is 0.479 e. The number of alkyl halides is 2. The second-order valence-electron chi connectivity index (χ2n) is 4.08. The van der Waals surface area contributed by atoms with Crippen LogP contribution < -0.4 is 5.32 Å². The Balaban J connectivity index is 2.63. The minimum atomic E-state index is -1.46. The molecule has 0 aliphatic heterocycles. The van der Waals surface area contributed by atoms with Crippen molar-refractivity contribution in [2.24, 2.45) is 5.92 Å². The standard InChI is InChI=1S/C9H13Cl2NO4/c1-8(4-16-2,7(14)15)12-6(13)5-3-9(5,10)11/h5H,3-4H2,1-2H3,(H,12,13)(H,14,15). The van der Waals surface area contributed by atoms with E-state index in [-0.39, 0.29) is 6.61 Å². The average Bonchev–Trinajstić information content (AvgIpc) is 2.75. The number of nitrogens with one attached hydrogen (secondary N) is 1. The van der Waals surface area contributed by atoms with E-state index in [1.807, 2.05) is 0 Å². The molecule has 0 spiro atoms. The van der Waals surface area contributed by atoms with Crippen molar-refractivity contribution in [1.29, 1.82) is 0 Å². The minimum absolute atomic E-state index is 0.127. The van der Waals surface area contributed by atoms with Gasteiger partial charge in [-0.3, -0.25) is 4.79 Å². The van der Waals surface area contributed by atoms with E-state index in [4.69, 9.17) is 33.0 Å². The molecule has 2 unspecified atom stereocenters. The van der Waals surface area contributed by atoms with Crippen molar-refractivity contribution >= 4 is 35.1 Å². The smallest absolute Gasteiger partial charge is 0.331 e. The number of rotatable bonds is 5. The van der Waals surface area contributed by atoms with Crippen LogP contribution in [-0.4, -0.2) is 40.6 Å². The number of hydrogen-bond acceptors (Lipinski definition) is 3. The van der Waals surface area contributed by atoms with Crippen molar-refractivity contribution in [3.05, 3.63) is 0 Å². The number of halogens is 2. The SMILES string of the molecule is COCC(C)(NC(=O)C1CC1(Cl)Cl)C(=O)O. The lowest BCUT2D eigenvalue weighted by Gasteiger charge is -2.25. The van der Waals surface area contributed by atoms with Crippen LogP contribution in [-0.2, 0) is 14.3 Å². The molecule has 0 bridgehead atoms. The predicted octanol–water partition coefficient (Wildman–Crippen LogP) is 0.786. The Morgan fingerprint density at radius 3 is 2.44 bits per heavy atom. The van der Waals surface area contributed by atoms with Gasteiger partial charge in [-0.15, -0.1) is 23.2 Å². The molecule has 1 aliphatic carbocycles. The summed E-state index contributed by atoms with van der Waals surface area (Å²) in [7, 11) is 1.36. The topological polar surface area (TPSA) is 75.6 Å². The fraction of sp³-hybridized carbons (Fsp3) is 0.778. The molecule has 1 aliphatic rings. The van der Waals surface area contributed by atoms with Crippen LogP contribution in [0.3, 0.4) is 0 Å². The summed E-state index contributed by atoms with van der Waals surface area (Å²) < 4.78 is 3.70. The molecule has 1 rings (SSSR count). The van der Waals surface area contributed by atoms with Crippen molar-refractivity contribution in [2.45, 2.75) is 23.2 Å². The van der Waals surface area contributed by atoms with Crippen molar-refractivity contribution in [3.8, 4) is 0 Å². The number of aliphatic carboxylic acids is 1. The highest BCUT2D eigenvalue weighted by atomic mass is 35.5. The molecular formula is C9H13Cl2NO4. The van der Waals surface area contributed by atoms with Gasteiger partial charge in [0.15, 0.2) is 5.54 Å². The number of ether oxygens (including phenoxy) is 1. The third kappa shape index (κ3) is 2.78. The maximum absolute atomic E-state index is 11.6. The van der Waals surface area contributed by atoms with Crippen LogP contribution in [0.25, 0.3) is 0 Å². The first kappa shape index (κ1) is 13.5. The van der Waals surface area contributed by atoms with E-state index in [2.05, 4.69) is 5.32 Å². The zero-order chi connectivity index (χ0) is 12.6. The van der Waals surface area contributed by atoms with Crippen molar-refractivity contribution in [2.75, 3.05) is 13.7 Å². The molecule has 1 saturated carbocycles. The van der Waals surface area contributed by atoms with Crippen LogP contribution in [0.1, 0.15) is 13.3 Å². The monoisotopic (exact) mass is 269 g/mol. The van der Waals surface area contributed by atoms with Crippen molar-refractivity contribution in [1.82, 2.24) is 5.32 Å². The summed E-state index contributed by atoms with van der Waals surface area (Å²) in [5, 5.41) is 11.4. The first-order valence-corrected chi connectivity index (χ1v) is 5.41. The van der Waals surface area contributed by atoms with Crippen molar-refractivity contribution in [3.63, 3.8) is 0 Å². The summed E-state index contributed by atoms with van der Waals surface area (Å²) in [6, 6.07) is 0. The first-order chi connectivity index (χ1) is 7.23. The molecule has 1 amide bonds. The quantitative estimate of drug-likeness (QED) is 0.724. The van der Waals surface area contributed by atoms with Gasteiger partial charge < -0.3 is 15.2 Å². The number of carboxylic acids is 1. The number of amides is 1. The van der Waals surface area contributed by atoms with Gasteiger partial charge in [0.25, 0.3) is 0 Å². The van der Waals surface area contributed by atoms with Gasteiger partial charge in [-0.1, -0.05) is 0 Å². The lowest BCUT2D eigenvalue weighted by Crippen LogP contribution is -2.56. The third-order valence-corrected chi connectivity index (χ3v) is 3.28. The summed E-state index contributed by atoms with van der Waals surface area (Å²) in [5.74, 6) is -2.18. The summed E-state index contributed by atoms with van der Waals surface area (Å²) in [6.45, 7) is 1.24. The summed E-state index contributed by atoms with van der Waals surface area (Å²) in [4.78, 5) is 22.6. The molecule has 1 fully saturated rings. The Morgan fingerprint density at radius 1 is 1.62 bits per heavy atom. The number of carbonyl (C=O) groups is 2. The van der Waals surface area contributed by atoms with E-state index in [0.29, 0.717) is 6.42 Å². The van der Waals surface area contributed by atoms with E-state index in [0.717, 1.165) is 0 Å². The second kappa shape index (κ2) is 4.39. The lowest BCUT2D eigenvalue weighted by molar-refractivity contribution is -0.149. The maximum Gasteiger partial charge on any atom is 0.331 e. The molecule has 7 heteroatoms. The highest BCUT2D eigenvalue weighted by Crippen LogP contribution is 2.53. The van der Waals surface area contributed by atoms with Gasteiger partial charge in [-0.2, -0.15) is 0 Å². The molecule has 0 saturated heterocycles. The Hall–Kier alpha value is -0.520. The van der Waals surface area contributed by atoms with Crippen LogP contribution in [0, 0.1) is 5.92 Å². The molecule has 5 nitrogen and oxygen atoms in total. The normalized spacial score (nSPS) is 25.6. The highest BCUT2D eigenvalue weighted by molar-refractivity contribution is 6.52. The zero-order valence-electron chi connectivity index (χ0n) is 8.92. The highest BCUT2D eigenvalue weighted by Gasteiger charge is 2.57. The number of carbonyl (C=O) groups excluding carboxylic acids is 1. The third-order valence-electron chi connectivity index (χ3n) is 2.45. The molecule has 0 aromatic heterocycles. The maximum atomic E-state index is 11.6. The van der Waals surface area contributed by atoms with E-state index in [1.54, 1.807) is 0 Å². The summed E-state index contributed by atoms with van der Waals surface area (Å²) in [6.07, 6.45) is 0.338. The van der Waals surface area contributed by atoms with Gasteiger partial charge in [0.05, 0.1) is 12.5 Å². The molecule has 16 heavy (non-hydrogen) atoms. The molecule has 0 aromatic carbocycles. The first-order valence-electron chi connectivity index (χ1n) is 4.65. The zero-order valence-corrected chi connectivity index (χ0v) is 10.4. The van der Waals surface area contributed by atoms with Crippen LogP contribution in [0.2, 0.25) is 0 Å². The fourth-order valence-electron chi connectivity index (χ4n) is 1.30. The minimum Gasteiger partial charge on any atom is -0.479 e. The second-order valence-corrected chi connectivity index (χ2v) is 5.62. The van der Waals surface area contributed by atoms with Crippen LogP contribution in [0.5, 0.6) is 0 Å². The number of hydrogen-bond donors (Lipinski definition) is 2. The van der Waals surface area contributed by atoms with E-state index < -0.39 is 27.7 Å². The molecule has 0 aromatic rings. The van der Waals surface area contributed by atoms with E-state index >= 15 is 0 Å². The summed E-state index contributed by atoms with van der Waals surface area (Å²) >= 11 is 11.4. The molecule has 2 N–H and O–H groups in total. The van der Waals surface area contributed by atoms with E-state index in [1.165, 1.54) is 14.0 Å². The number of methoxy groups -OCH3 is 1. The predicted molar refractivity (Wildman–Crippen MR) is 58.6 cm³/mol. The fourth-order valence-corrected chi connectivity index (χ4v) is 1.80. The molecule has 0 heterocycles. The van der Waals surface area contributed by atoms with Gasteiger partial charge in [-0.25, -0.2) is 4.79 Å². The molecule has 2 atom stereocenters. The molecular weight excluding hydrogens is 257 g/mol. The van der Waals surface area contributed by atoms with Gasteiger partial charge in [0.1, 0.15) is 4.33 Å². The van der Waals surface area contributed by atoms with Gasteiger partial charge in [-0.05, 0) is 13.3 Å². The van der Waals surface area contributed by atoms with Crippen LogP contribution in [0.4, 0.5) is 0 Å². The van der Waals surface area contributed by atoms with Crippen LogP contribution in [0.15, 0.2) is 0 Å².